The molecule has 1 N–H and O–H groups in total. The summed E-state index contributed by atoms with van der Waals surface area (Å²) in [5.74, 6) is -0.397. The maximum atomic E-state index is 13.8. The summed E-state index contributed by atoms with van der Waals surface area (Å²) in [6.45, 7) is 2.24. The summed E-state index contributed by atoms with van der Waals surface area (Å²) in [6, 6.07) is 14.3. The van der Waals surface area contributed by atoms with Crippen molar-refractivity contribution in [1.29, 1.82) is 0 Å². The Balaban J connectivity index is 1.91. The number of hydrogen-bond donors (Lipinski definition) is 1. The SMILES string of the molecule is CCOc1ccc(N2C(=O)/C(=C\c3cc(Br)c(O)c(OC)c3)S(=O)(=O)C2c2cccc([N+](=O)[O-])c2)cc1. The lowest BCUT2D eigenvalue weighted by Gasteiger charge is -2.23. The number of hydrogen-bond acceptors (Lipinski definition) is 8. The van der Waals surface area contributed by atoms with Crippen LogP contribution in [0, 0.1) is 10.1 Å². The Morgan fingerprint density at radius 3 is 2.49 bits per heavy atom. The van der Waals surface area contributed by atoms with Gasteiger partial charge in [0, 0.05) is 17.8 Å². The van der Waals surface area contributed by atoms with Gasteiger partial charge in [-0.2, -0.15) is 0 Å². The molecule has 3 aromatic rings. The molecule has 1 unspecified atom stereocenters. The van der Waals surface area contributed by atoms with Crippen molar-refractivity contribution in [2.24, 2.45) is 0 Å². The van der Waals surface area contributed by atoms with E-state index in [0.29, 0.717) is 12.4 Å². The molecule has 4 rings (SSSR count). The molecule has 1 fully saturated rings. The molecule has 1 aliphatic heterocycles. The summed E-state index contributed by atoms with van der Waals surface area (Å²) in [5, 5.41) is 19.9. The largest absolute Gasteiger partial charge is 0.503 e. The van der Waals surface area contributed by atoms with Crippen LogP contribution in [0.15, 0.2) is 70.0 Å². The van der Waals surface area contributed by atoms with Crippen LogP contribution in [0.3, 0.4) is 0 Å². The van der Waals surface area contributed by atoms with Crippen molar-refractivity contribution < 1.29 is 32.7 Å². The third kappa shape index (κ3) is 4.89. The van der Waals surface area contributed by atoms with E-state index in [9.17, 15) is 28.4 Å². The van der Waals surface area contributed by atoms with Crippen LogP contribution >= 0.6 is 15.9 Å². The molecule has 0 aromatic heterocycles. The number of sulfone groups is 1. The maximum Gasteiger partial charge on any atom is 0.271 e. The van der Waals surface area contributed by atoms with Gasteiger partial charge >= 0.3 is 0 Å². The van der Waals surface area contributed by atoms with Gasteiger partial charge < -0.3 is 14.6 Å². The molecule has 37 heavy (non-hydrogen) atoms. The summed E-state index contributed by atoms with van der Waals surface area (Å²) >= 11 is 3.19. The number of nitrogens with zero attached hydrogens (tertiary/aromatic N) is 2. The van der Waals surface area contributed by atoms with Crippen LogP contribution in [0.1, 0.15) is 23.4 Å². The molecule has 1 atom stereocenters. The molecule has 10 nitrogen and oxygen atoms in total. The molecule has 1 heterocycles. The van der Waals surface area contributed by atoms with Crippen molar-refractivity contribution in [3.8, 4) is 17.2 Å². The van der Waals surface area contributed by atoms with Crippen LogP contribution in [0.5, 0.6) is 17.2 Å². The lowest BCUT2D eigenvalue weighted by Crippen LogP contribution is -2.29. The summed E-state index contributed by atoms with van der Waals surface area (Å²) in [6.07, 6.45) is 1.18. The number of non-ortho nitro benzene ring substituents is 1. The smallest absolute Gasteiger partial charge is 0.271 e. The van der Waals surface area contributed by atoms with Gasteiger partial charge in [0.1, 0.15) is 10.7 Å². The summed E-state index contributed by atoms with van der Waals surface area (Å²) in [7, 11) is -3.03. The number of nitro groups is 1. The quantitative estimate of drug-likeness (QED) is 0.232. The number of phenolic OH excluding ortho intramolecular Hbond substituents is 1. The minimum absolute atomic E-state index is 0.0595. The van der Waals surface area contributed by atoms with Gasteiger partial charge in [0.25, 0.3) is 11.6 Å². The van der Waals surface area contributed by atoms with Crippen molar-refractivity contribution >= 4 is 49.1 Å². The van der Waals surface area contributed by atoms with Crippen LogP contribution in [-0.4, -0.2) is 38.1 Å². The second-order valence-electron chi connectivity index (χ2n) is 7.91. The van der Waals surface area contributed by atoms with Crippen LogP contribution in [-0.2, 0) is 14.6 Å². The Kier molecular flexibility index (Phi) is 7.23. The fourth-order valence-corrected chi connectivity index (χ4v) is 6.32. The topological polar surface area (TPSA) is 136 Å². The number of carbonyl (C=O) groups excluding carboxylic acids is 1. The fraction of sp³-hybridized carbons (Fsp3) is 0.160. The number of ether oxygens (including phenoxy) is 2. The molecule has 1 saturated heterocycles. The van der Waals surface area contributed by atoms with Crippen molar-refractivity contribution in [2.45, 2.75) is 12.3 Å². The van der Waals surface area contributed by atoms with Gasteiger partial charge in [-0.25, -0.2) is 8.42 Å². The van der Waals surface area contributed by atoms with E-state index in [4.69, 9.17) is 9.47 Å². The van der Waals surface area contributed by atoms with Crippen LogP contribution in [0.2, 0.25) is 0 Å². The number of rotatable bonds is 7. The molecule has 1 aliphatic rings. The average Bonchev–Trinajstić information content (AvgIpc) is 3.07. The monoisotopic (exact) mass is 588 g/mol. The highest BCUT2D eigenvalue weighted by atomic mass is 79.9. The van der Waals surface area contributed by atoms with Gasteiger partial charge in [0.2, 0.25) is 9.84 Å². The van der Waals surface area contributed by atoms with E-state index in [1.165, 1.54) is 43.5 Å². The van der Waals surface area contributed by atoms with Crippen LogP contribution < -0.4 is 14.4 Å². The number of benzene rings is 3. The molecule has 0 saturated carbocycles. The normalized spacial score (nSPS) is 17.7. The number of halogens is 1. The molecule has 12 heteroatoms. The highest BCUT2D eigenvalue weighted by Gasteiger charge is 2.50. The first-order valence-corrected chi connectivity index (χ1v) is 13.2. The second kappa shape index (κ2) is 10.2. The molecular formula is C25H21BrN2O8S. The Labute approximate surface area is 220 Å². The van der Waals surface area contributed by atoms with Crippen molar-refractivity contribution in [3.05, 3.63) is 91.3 Å². The average molecular weight is 589 g/mol. The van der Waals surface area contributed by atoms with E-state index in [1.807, 2.05) is 6.92 Å². The third-order valence-electron chi connectivity index (χ3n) is 5.63. The highest BCUT2D eigenvalue weighted by Crippen LogP contribution is 2.45. The summed E-state index contributed by atoms with van der Waals surface area (Å²) in [4.78, 5) is 25.0. The van der Waals surface area contributed by atoms with E-state index in [-0.39, 0.29) is 38.5 Å². The number of anilines is 1. The van der Waals surface area contributed by atoms with E-state index in [2.05, 4.69) is 15.9 Å². The molecule has 0 spiro atoms. The Morgan fingerprint density at radius 1 is 1.16 bits per heavy atom. The predicted molar refractivity (Wildman–Crippen MR) is 140 cm³/mol. The summed E-state index contributed by atoms with van der Waals surface area (Å²) < 4.78 is 38.5. The number of amides is 1. The zero-order chi connectivity index (χ0) is 26.9. The molecule has 192 valence electrons. The van der Waals surface area contributed by atoms with E-state index < -0.39 is 30.9 Å². The molecule has 0 radical (unpaired) electrons. The molecule has 0 bridgehead atoms. The summed E-state index contributed by atoms with van der Waals surface area (Å²) in [5.41, 5.74) is 0.293. The molecule has 0 aliphatic carbocycles. The highest BCUT2D eigenvalue weighted by molar-refractivity contribution is 9.10. The van der Waals surface area contributed by atoms with E-state index in [1.54, 1.807) is 24.3 Å². The fourth-order valence-electron chi connectivity index (χ4n) is 3.98. The molecule has 3 aromatic carbocycles. The maximum absolute atomic E-state index is 13.8. The first kappa shape index (κ1) is 26.2. The number of carbonyl (C=O) groups is 1. The lowest BCUT2D eigenvalue weighted by atomic mass is 10.1. The lowest BCUT2D eigenvalue weighted by molar-refractivity contribution is -0.384. The predicted octanol–water partition coefficient (Wildman–Crippen LogP) is 4.97. The first-order valence-electron chi connectivity index (χ1n) is 10.9. The standard InChI is InChI=1S/C25H21BrN2O8S/c1-3-36-19-9-7-17(8-10-19)27-24(30)22(13-15-11-20(26)23(29)21(12-15)35-2)37(33,34)25(27)16-5-4-6-18(14-16)28(31)32/h4-14,25,29H,3H2,1-2H3/b22-13+. The van der Waals surface area contributed by atoms with Gasteiger partial charge in [0.15, 0.2) is 16.9 Å². The zero-order valence-corrected chi connectivity index (χ0v) is 22.0. The van der Waals surface area contributed by atoms with E-state index >= 15 is 0 Å². The number of methoxy groups -OCH3 is 1. The number of aromatic hydroxyl groups is 1. The van der Waals surface area contributed by atoms with Gasteiger partial charge in [-0.3, -0.25) is 19.8 Å². The number of nitro benzene ring substituents is 1. The molecule has 1 amide bonds. The minimum Gasteiger partial charge on any atom is -0.503 e. The molecular weight excluding hydrogens is 568 g/mol. The van der Waals surface area contributed by atoms with Crippen LogP contribution in [0.4, 0.5) is 11.4 Å². The third-order valence-corrected chi connectivity index (χ3v) is 8.21. The Morgan fingerprint density at radius 2 is 1.86 bits per heavy atom. The van der Waals surface area contributed by atoms with Crippen molar-refractivity contribution in [1.82, 2.24) is 0 Å². The Bertz CT molecular complexity index is 1520. The van der Waals surface area contributed by atoms with E-state index in [0.717, 1.165) is 11.0 Å². The minimum atomic E-state index is -4.37. The number of phenols is 1. The van der Waals surface area contributed by atoms with Gasteiger partial charge in [-0.15, -0.1) is 0 Å². The zero-order valence-electron chi connectivity index (χ0n) is 19.6. The second-order valence-corrected chi connectivity index (χ2v) is 10.7. The van der Waals surface area contributed by atoms with Gasteiger partial charge in [-0.1, -0.05) is 12.1 Å². The van der Waals surface area contributed by atoms with Gasteiger partial charge in [0.05, 0.1) is 23.1 Å². The Hall–Kier alpha value is -3.90. The first-order chi connectivity index (χ1) is 17.6. The van der Waals surface area contributed by atoms with Crippen LogP contribution in [0.25, 0.3) is 6.08 Å². The van der Waals surface area contributed by atoms with Gasteiger partial charge in [-0.05, 0) is 76.5 Å². The van der Waals surface area contributed by atoms with Crippen molar-refractivity contribution in [2.75, 3.05) is 18.6 Å². The van der Waals surface area contributed by atoms with Crippen molar-refractivity contribution in [3.63, 3.8) is 0 Å².